The summed E-state index contributed by atoms with van der Waals surface area (Å²) in [5.41, 5.74) is 0.964. The van der Waals surface area contributed by atoms with E-state index in [2.05, 4.69) is 45.2 Å². The maximum atomic E-state index is 13.2. The Kier molecular flexibility index (Phi) is 6.35. The van der Waals surface area contributed by atoms with Gasteiger partial charge in [0.05, 0.1) is 0 Å². The number of hydrogen-bond acceptors (Lipinski definition) is 1. The van der Waals surface area contributed by atoms with Gasteiger partial charge in [0.25, 0.3) is 0 Å². The van der Waals surface area contributed by atoms with Crippen molar-refractivity contribution < 1.29 is 9.13 Å². The molecule has 0 aliphatic heterocycles. The molecule has 0 saturated heterocycles. The second kappa shape index (κ2) is 7.79. The van der Waals surface area contributed by atoms with Gasteiger partial charge < -0.3 is 4.74 Å². The van der Waals surface area contributed by atoms with Crippen LogP contribution >= 0.6 is 56.8 Å². The second-order valence-electron chi connectivity index (χ2n) is 4.21. The van der Waals surface area contributed by atoms with E-state index in [1.54, 1.807) is 6.07 Å². The van der Waals surface area contributed by atoms with Gasteiger partial charge in [0, 0.05) is 25.0 Å². The molecule has 106 valence electrons. The van der Waals surface area contributed by atoms with Crippen molar-refractivity contribution in [3.8, 4) is 5.75 Å². The molecule has 0 spiro atoms. The normalized spacial score (nSPS) is 12.2. The fraction of sp³-hybridized carbons (Fsp3) is 0.200. The summed E-state index contributed by atoms with van der Waals surface area (Å²) in [5.74, 6) is 1.05. The molecule has 2 rings (SSSR count). The molecule has 0 radical (unpaired) electrons. The van der Waals surface area contributed by atoms with Crippen molar-refractivity contribution in [2.24, 2.45) is 0 Å². The van der Waals surface area contributed by atoms with E-state index in [4.69, 9.17) is 16.3 Å². The zero-order valence-corrected chi connectivity index (χ0v) is 15.5. The highest BCUT2D eigenvalue weighted by Crippen LogP contribution is 2.29. The van der Waals surface area contributed by atoms with Gasteiger partial charge in [0.1, 0.15) is 17.7 Å². The lowest BCUT2D eigenvalue weighted by atomic mass is 10.1. The summed E-state index contributed by atoms with van der Waals surface area (Å²) in [6.07, 6.45) is 0.507. The number of alkyl halides is 1. The molecule has 0 heterocycles. The molecule has 0 saturated carbocycles. The lowest BCUT2D eigenvalue weighted by molar-refractivity contribution is 0.201. The SMILES string of the molecule is Fc1ccc(C(CCCl)Oc2cccc(I)c2)c(I)c1. The molecular weight excluding hydrogens is 504 g/mol. The molecule has 1 nitrogen and oxygen atoms in total. The van der Waals surface area contributed by atoms with Gasteiger partial charge in [-0.25, -0.2) is 4.39 Å². The highest BCUT2D eigenvalue weighted by atomic mass is 127. The Morgan fingerprint density at radius 2 is 1.95 bits per heavy atom. The number of ether oxygens (including phenoxy) is 1. The maximum Gasteiger partial charge on any atom is 0.126 e. The first kappa shape index (κ1) is 16.3. The van der Waals surface area contributed by atoms with Gasteiger partial charge in [-0.15, -0.1) is 11.6 Å². The zero-order valence-electron chi connectivity index (χ0n) is 10.5. The molecular formula is C15H12ClFI2O. The van der Waals surface area contributed by atoms with Gasteiger partial charge in [-0.3, -0.25) is 0 Å². The van der Waals surface area contributed by atoms with Crippen molar-refractivity contribution in [1.29, 1.82) is 0 Å². The van der Waals surface area contributed by atoms with Crippen molar-refractivity contribution in [1.82, 2.24) is 0 Å². The molecule has 0 aromatic heterocycles. The summed E-state index contributed by atoms with van der Waals surface area (Å²) >= 11 is 10.2. The lowest BCUT2D eigenvalue weighted by Crippen LogP contribution is -2.10. The van der Waals surface area contributed by atoms with Gasteiger partial charge in [-0.05, 0) is 75.5 Å². The molecule has 0 amide bonds. The van der Waals surface area contributed by atoms with Crippen molar-refractivity contribution in [3.63, 3.8) is 0 Å². The van der Waals surface area contributed by atoms with Gasteiger partial charge >= 0.3 is 0 Å². The Balaban J connectivity index is 2.26. The first-order valence-electron chi connectivity index (χ1n) is 6.03. The standard InChI is InChI=1S/C15H12ClFI2O/c16-7-6-15(13-5-4-10(17)8-14(13)19)20-12-3-1-2-11(18)9-12/h1-5,8-9,15H,6-7H2. The average Bonchev–Trinajstić information content (AvgIpc) is 2.38. The van der Waals surface area contributed by atoms with E-state index >= 15 is 0 Å². The van der Waals surface area contributed by atoms with Crippen LogP contribution < -0.4 is 4.74 Å². The van der Waals surface area contributed by atoms with Crippen molar-refractivity contribution in [2.45, 2.75) is 12.5 Å². The predicted molar refractivity (Wildman–Crippen MR) is 97.0 cm³/mol. The number of halogens is 4. The van der Waals surface area contributed by atoms with Crippen LogP contribution in [0.4, 0.5) is 4.39 Å². The minimum atomic E-state index is -0.239. The zero-order chi connectivity index (χ0) is 14.5. The van der Waals surface area contributed by atoms with E-state index < -0.39 is 0 Å². The van der Waals surface area contributed by atoms with Crippen molar-refractivity contribution in [3.05, 3.63) is 61.0 Å². The number of hydrogen-bond donors (Lipinski definition) is 0. The molecule has 0 aliphatic carbocycles. The molecule has 1 unspecified atom stereocenters. The van der Waals surface area contributed by atoms with E-state index in [9.17, 15) is 4.39 Å². The van der Waals surface area contributed by atoms with E-state index in [0.29, 0.717) is 12.3 Å². The van der Waals surface area contributed by atoms with Gasteiger partial charge in [0.15, 0.2) is 0 Å². The molecule has 2 aromatic rings. The van der Waals surface area contributed by atoms with Gasteiger partial charge in [-0.2, -0.15) is 0 Å². The quantitative estimate of drug-likeness (QED) is 0.362. The molecule has 0 bridgehead atoms. The minimum absolute atomic E-state index is 0.168. The maximum absolute atomic E-state index is 13.2. The Hall–Kier alpha value is -0.0800. The molecule has 20 heavy (non-hydrogen) atoms. The topological polar surface area (TPSA) is 9.23 Å². The summed E-state index contributed by atoms with van der Waals surface area (Å²) < 4.78 is 21.2. The van der Waals surface area contributed by atoms with Crippen LogP contribution in [0.3, 0.4) is 0 Å². The number of rotatable bonds is 5. The van der Waals surface area contributed by atoms with Crippen LogP contribution in [0.1, 0.15) is 18.1 Å². The third-order valence-electron chi connectivity index (χ3n) is 2.76. The summed E-state index contributed by atoms with van der Waals surface area (Å²) in [4.78, 5) is 0. The van der Waals surface area contributed by atoms with Crippen LogP contribution in [0, 0.1) is 13.0 Å². The van der Waals surface area contributed by atoms with Crippen molar-refractivity contribution >= 4 is 56.8 Å². The predicted octanol–water partition coefficient (Wildman–Crippen LogP) is 5.78. The molecule has 2 aromatic carbocycles. The molecule has 5 heteroatoms. The van der Waals surface area contributed by atoms with E-state index in [0.717, 1.165) is 18.5 Å². The summed E-state index contributed by atoms with van der Waals surface area (Å²) in [5, 5.41) is 0. The molecule has 0 aliphatic rings. The monoisotopic (exact) mass is 516 g/mol. The number of benzene rings is 2. The third kappa shape index (κ3) is 4.46. The molecule has 0 fully saturated rings. The fourth-order valence-electron chi connectivity index (χ4n) is 1.84. The Labute approximate surface area is 150 Å². The van der Waals surface area contributed by atoms with Crippen LogP contribution in [-0.2, 0) is 0 Å². The summed E-state index contributed by atoms with van der Waals surface area (Å²) in [6, 6.07) is 12.6. The first-order valence-corrected chi connectivity index (χ1v) is 8.72. The highest BCUT2D eigenvalue weighted by molar-refractivity contribution is 14.1. The van der Waals surface area contributed by atoms with E-state index in [-0.39, 0.29) is 11.9 Å². The van der Waals surface area contributed by atoms with Crippen LogP contribution in [0.5, 0.6) is 5.75 Å². The van der Waals surface area contributed by atoms with E-state index in [1.165, 1.54) is 12.1 Å². The van der Waals surface area contributed by atoms with Crippen molar-refractivity contribution in [2.75, 3.05) is 5.88 Å². The minimum Gasteiger partial charge on any atom is -0.486 e. The van der Waals surface area contributed by atoms with Crippen LogP contribution in [0.25, 0.3) is 0 Å². The fourth-order valence-corrected chi connectivity index (χ4v) is 3.38. The van der Waals surface area contributed by atoms with E-state index in [1.807, 2.05) is 24.3 Å². The third-order valence-corrected chi connectivity index (χ3v) is 4.58. The molecule has 1 atom stereocenters. The largest absolute Gasteiger partial charge is 0.486 e. The highest BCUT2D eigenvalue weighted by Gasteiger charge is 2.16. The summed E-state index contributed by atoms with van der Waals surface area (Å²) in [7, 11) is 0. The Bertz CT molecular complexity index is 592. The first-order chi connectivity index (χ1) is 9.60. The smallest absolute Gasteiger partial charge is 0.126 e. The second-order valence-corrected chi connectivity index (χ2v) is 6.99. The van der Waals surface area contributed by atoms with Crippen LogP contribution in [0.2, 0.25) is 0 Å². The Morgan fingerprint density at radius 3 is 2.60 bits per heavy atom. The lowest BCUT2D eigenvalue weighted by Gasteiger charge is -2.20. The van der Waals surface area contributed by atoms with Gasteiger partial charge in [-0.1, -0.05) is 12.1 Å². The van der Waals surface area contributed by atoms with Gasteiger partial charge in [0.2, 0.25) is 0 Å². The molecule has 0 N–H and O–H groups in total. The van der Waals surface area contributed by atoms with Crippen LogP contribution in [-0.4, -0.2) is 5.88 Å². The average molecular weight is 517 g/mol. The summed E-state index contributed by atoms with van der Waals surface area (Å²) in [6.45, 7) is 0. The van der Waals surface area contributed by atoms with Crippen LogP contribution in [0.15, 0.2) is 42.5 Å². The Morgan fingerprint density at radius 1 is 1.15 bits per heavy atom.